The summed E-state index contributed by atoms with van der Waals surface area (Å²) in [5.41, 5.74) is 1.82. The first-order chi connectivity index (χ1) is 9.08. The third-order valence-electron chi connectivity index (χ3n) is 3.24. The van der Waals surface area contributed by atoms with Crippen LogP contribution >= 0.6 is 11.6 Å². The van der Waals surface area contributed by atoms with Crippen LogP contribution in [-0.4, -0.2) is 0 Å². The maximum absolute atomic E-state index is 13.7. The van der Waals surface area contributed by atoms with Crippen molar-refractivity contribution in [2.45, 2.75) is 25.9 Å². The van der Waals surface area contributed by atoms with Gasteiger partial charge in [-0.15, -0.1) is 0 Å². The van der Waals surface area contributed by atoms with Gasteiger partial charge >= 0.3 is 0 Å². The van der Waals surface area contributed by atoms with Gasteiger partial charge in [0.1, 0.15) is 5.82 Å². The first-order valence-corrected chi connectivity index (χ1v) is 6.71. The van der Waals surface area contributed by atoms with E-state index in [1.807, 2.05) is 43.3 Å². The molecule has 0 spiro atoms. The lowest BCUT2D eigenvalue weighted by Gasteiger charge is -2.21. The Hall–Kier alpha value is -1.38. The first-order valence-electron chi connectivity index (χ1n) is 6.34. The lowest BCUT2D eigenvalue weighted by molar-refractivity contribution is 0.474. The highest BCUT2D eigenvalue weighted by Crippen LogP contribution is 2.22. The normalized spacial score (nSPS) is 14.1. The lowest BCUT2D eigenvalue weighted by Crippen LogP contribution is -2.23. The molecule has 0 bridgehead atoms. The minimum Gasteiger partial charge on any atom is -0.304 e. The molecule has 0 saturated heterocycles. The first kappa shape index (κ1) is 14.0. The molecule has 1 N–H and O–H groups in total. The summed E-state index contributed by atoms with van der Waals surface area (Å²) >= 11 is 5.87. The molecule has 0 heterocycles. The Morgan fingerprint density at radius 1 is 0.947 bits per heavy atom. The van der Waals surface area contributed by atoms with E-state index in [1.54, 1.807) is 6.07 Å². The van der Waals surface area contributed by atoms with Gasteiger partial charge in [-0.2, -0.15) is 0 Å². The highest BCUT2D eigenvalue weighted by atomic mass is 35.5. The quantitative estimate of drug-likeness (QED) is 0.839. The topological polar surface area (TPSA) is 12.0 Å². The molecule has 2 aromatic rings. The maximum atomic E-state index is 13.7. The molecule has 2 unspecified atom stereocenters. The number of hydrogen-bond donors (Lipinski definition) is 1. The predicted octanol–water partition coefficient (Wildman–Crippen LogP) is 4.89. The van der Waals surface area contributed by atoms with Crippen LogP contribution in [0.1, 0.15) is 37.1 Å². The van der Waals surface area contributed by atoms with Gasteiger partial charge in [0.25, 0.3) is 0 Å². The van der Waals surface area contributed by atoms with Crippen molar-refractivity contribution in [2.24, 2.45) is 0 Å². The zero-order chi connectivity index (χ0) is 13.8. The Morgan fingerprint density at radius 3 is 2.21 bits per heavy atom. The summed E-state index contributed by atoms with van der Waals surface area (Å²) in [5, 5.41) is 4.11. The molecule has 3 heteroatoms. The summed E-state index contributed by atoms with van der Waals surface area (Å²) in [6, 6.07) is 14.6. The average molecular weight is 278 g/mol. The summed E-state index contributed by atoms with van der Waals surface area (Å²) < 4.78 is 13.7. The van der Waals surface area contributed by atoms with E-state index in [0.717, 1.165) is 10.6 Å². The van der Waals surface area contributed by atoms with E-state index < -0.39 is 0 Å². The lowest BCUT2D eigenvalue weighted by atomic mass is 10.0. The van der Waals surface area contributed by atoms with Crippen molar-refractivity contribution >= 4 is 11.6 Å². The molecule has 0 aromatic heterocycles. The van der Waals surface area contributed by atoms with Crippen molar-refractivity contribution in [3.63, 3.8) is 0 Å². The third-order valence-corrected chi connectivity index (χ3v) is 3.49. The van der Waals surface area contributed by atoms with E-state index in [0.29, 0.717) is 5.56 Å². The molecule has 0 aliphatic carbocycles. The standard InChI is InChI=1S/C16H17ClFN/c1-11(13-7-9-14(17)10-8-13)19-12(2)15-5-3-4-6-16(15)18/h3-12,19H,1-2H3. The molecule has 0 saturated carbocycles. The van der Waals surface area contributed by atoms with Crippen molar-refractivity contribution in [1.29, 1.82) is 0 Å². The van der Waals surface area contributed by atoms with Gasteiger partial charge in [0.2, 0.25) is 0 Å². The van der Waals surface area contributed by atoms with Gasteiger partial charge < -0.3 is 5.32 Å². The summed E-state index contributed by atoms with van der Waals surface area (Å²) in [4.78, 5) is 0. The van der Waals surface area contributed by atoms with Crippen LogP contribution in [-0.2, 0) is 0 Å². The monoisotopic (exact) mass is 277 g/mol. The molecular formula is C16H17ClFN. The summed E-state index contributed by atoms with van der Waals surface area (Å²) in [6.07, 6.45) is 0. The summed E-state index contributed by atoms with van der Waals surface area (Å²) in [5.74, 6) is -0.175. The summed E-state index contributed by atoms with van der Waals surface area (Å²) in [7, 11) is 0. The van der Waals surface area contributed by atoms with Crippen LogP contribution in [0.4, 0.5) is 4.39 Å². The van der Waals surface area contributed by atoms with E-state index >= 15 is 0 Å². The second-order valence-electron chi connectivity index (χ2n) is 4.68. The molecule has 0 aliphatic rings. The van der Waals surface area contributed by atoms with Gasteiger partial charge in [0, 0.05) is 22.7 Å². The largest absolute Gasteiger partial charge is 0.304 e. The number of benzene rings is 2. The molecule has 0 fully saturated rings. The fraction of sp³-hybridized carbons (Fsp3) is 0.250. The highest BCUT2D eigenvalue weighted by Gasteiger charge is 2.13. The number of halogens is 2. The highest BCUT2D eigenvalue weighted by molar-refractivity contribution is 6.30. The van der Waals surface area contributed by atoms with E-state index in [1.165, 1.54) is 6.07 Å². The second-order valence-corrected chi connectivity index (χ2v) is 5.12. The van der Waals surface area contributed by atoms with Crippen LogP contribution in [0.15, 0.2) is 48.5 Å². The third kappa shape index (κ3) is 3.55. The van der Waals surface area contributed by atoms with Crippen LogP contribution < -0.4 is 5.32 Å². The number of hydrogen-bond acceptors (Lipinski definition) is 1. The van der Waals surface area contributed by atoms with Crippen molar-refractivity contribution in [1.82, 2.24) is 5.32 Å². The molecule has 2 atom stereocenters. The minimum atomic E-state index is -0.175. The molecule has 2 rings (SSSR count). The number of nitrogens with one attached hydrogen (secondary N) is 1. The number of rotatable bonds is 4. The van der Waals surface area contributed by atoms with Crippen molar-refractivity contribution in [2.75, 3.05) is 0 Å². The van der Waals surface area contributed by atoms with Gasteiger partial charge in [-0.05, 0) is 37.6 Å². The average Bonchev–Trinajstić information content (AvgIpc) is 2.39. The second kappa shape index (κ2) is 6.18. The molecule has 2 aromatic carbocycles. The van der Waals surface area contributed by atoms with Crippen LogP contribution in [0.2, 0.25) is 5.02 Å². The van der Waals surface area contributed by atoms with Gasteiger partial charge in [0.05, 0.1) is 0 Å². The molecule has 0 amide bonds. The van der Waals surface area contributed by atoms with Crippen LogP contribution in [0, 0.1) is 5.82 Å². The van der Waals surface area contributed by atoms with E-state index in [2.05, 4.69) is 12.2 Å². The van der Waals surface area contributed by atoms with Gasteiger partial charge in [0.15, 0.2) is 0 Å². The molecular weight excluding hydrogens is 261 g/mol. The summed E-state index contributed by atoms with van der Waals surface area (Å²) in [6.45, 7) is 4.02. The Balaban J connectivity index is 2.08. The molecule has 19 heavy (non-hydrogen) atoms. The van der Waals surface area contributed by atoms with E-state index in [9.17, 15) is 4.39 Å². The molecule has 100 valence electrons. The van der Waals surface area contributed by atoms with E-state index in [4.69, 9.17) is 11.6 Å². The van der Waals surface area contributed by atoms with E-state index in [-0.39, 0.29) is 17.9 Å². The minimum absolute atomic E-state index is 0.0492. The maximum Gasteiger partial charge on any atom is 0.127 e. The van der Waals surface area contributed by atoms with Crippen LogP contribution in [0.3, 0.4) is 0 Å². The smallest absolute Gasteiger partial charge is 0.127 e. The van der Waals surface area contributed by atoms with Crippen molar-refractivity contribution < 1.29 is 4.39 Å². The van der Waals surface area contributed by atoms with Gasteiger partial charge in [-0.3, -0.25) is 0 Å². The van der Waals surface area contributed by atoms with Crippen LogP contribution in [0.25, 0.3) is 0 Å². The molecule has 0 aliphatic heterocycles. The van der Waals surface area contributed by atoms with Crippen molar-refractivity contribution in [3.8, 4) is 0 Å². The Bertz CT molecular complexity index is 539. The molecule has 0 radical (unpaired) electrons. The van der Waals surface area contributed by atoms with Crippen molar-refractivity contribution in [3.05, 3.63) is 70.5 Å². The van der Waals surface area contributed by atoms with Gasteiger partial charge in [-0.1, -0.05) is 41.9 Å². The SMILES string of the molecule is CC(NC(C)c1ccccc1F)c1ccc(Cl)cc1. The zero-order valence-electron chi connectivity index (χ0n) is 11.0. The fourth-order valence-electron chi connectivity index (χ4n) is 2.14. The Kier molecular flexibility index (Phi) is 4.56. The Morgan fingerprint density at radius 2 is 1.58 bits per heavy atom. The Labute approximate surface area is 118 Å². The predicted molar refractivity (Wildman–Crippen MR) is 77.8 cm³/mol. The zero-order valence-corrected chi connectivity index (χ0v) is 11.8. The fourth-order valence-corrected chi connectivity index (χ4v) is 2.26. The van der Waals surface area contributed by atoms with Gasteiger partial charge in [-0.25, -0.2) is 4.39 Å². The molecule has 1 nitrogen and oxygen atoms in total. The van der Waals surface area contributed by atoms with Crippen LogP contribution in [0.5, 0.6) is 0 Å².